The van der Waals surface area contributed by atoms with Crippen molar-refractivity contribution in [2.45, 2.75) is 6.54 Å². The second-order valence-corrected chi connectivity index (χ2v) is 3.96. The smallest absolute Gasteiger partial charge is 0.125 e. The predicted molar refractivity (Wildman–Crippen MR) is 64.9 cm³/mol. The minimum Gasteiger partial charge on any atom is -0.370 e. The monoisotopic (exact) mass is 233 g/mol. The van der Waals surface area contributed by atoms with E-state index in [2.05, 4.69) is 0 Å². The Bertz CT molecular complexity index is 494. The van der Waals surface area contributed by atoms with Crippen LogP contribution in [0.25, 0.3) is 0 Å². The van der Waals surface area contributed by atoms with Crippen molar-refractivity contribution in [3.8, 4) is 0 Å². The van der Waals surface area contributed by atoms with Crippen LogP contribution in [0.15, 0.2) is 48.5 Å². The van der Waals surface area contributed by atoms with E-state index >= 15 is 0 Å². The molecular weight excluding hydrogens is 220 g/mol. The summed E-state index contributed by atoms with van der Waals surface area (Å²) in [6, 6.07) is 12.7. The first-order valence-corrected chi connectivity index (χ1v) is 5.36. The third kappa shape index (κ3) is 3.03. The summed E-state index contributed by atoms with van der Waals surface area (Å²) in [6.45, 7) is 0.615. The van der Waals surface area contributed by atoms with Crippen LogP contribution in [-0.2, 0) is 6.54 Å². The van der Waals surface area contributed by atoms with Gasteiger partial charge in [0.1, 0.15) is 11.6 Å². The minimum atomic E-state index is -0.256. The van der Waals surface area contributed by atoms with Crippen LogP contribution >= 0.6 is 0 Å². The van der Waals surface area contributed by atoms with Gasteiger partial charge in [-0.1, -0.05) is 18.2 Å². The van der Waals surface area contributed by atoms with Crippen molar-refractivity contribution >= 4 is 5.69 Å². The number of anilines is 1. The molecular formula is C14H13F2N. The molecule has 0 saturated carbocycles. The molecule has 0 heterocycles. The van der Waals surface area contributed by atoms with Gasteiger partial charge in [0, 0.05) is 19.3 Å². The summed E-state index contributed by atoms with van der Waals surface area (Å²) in [5.41, 5.74) is 1.78. The molecule has 0 bridgehead atoms. The molecule has 0 aliphatic heterocycles. The molecule has 0 N–H and O–H groups in total. The van der Waals surface area contributed by atoms with Crippen molar-refractivity contribution in [2.75, 3.05) is 11.9 Å². The fourth-order valence-electron chi connectivity index (χ4n) is 1.67. The maximum absolute atomic E-state index is 13.0. The largest absolute Gasteiger partial charge is 0.370 e. The van der Waals surface area contributed by atoms with Gasteiger partial charge in [-0.25, -0.2) is 8.78 Å². The number of hydrogen-bond acceptors (Lipinski definition) is 1. The van der Waals surface area contributed by atoms with Crippen LogP contribution in [0.5, 0.6) is 0 Å². The summed E-state index contributed by atoms with van der Waals surface area (Å²) in [5.74, 6) is -0.504. The normalized spacial score (nSPS) is 10.3. The van der Waals surface area contributed by atoms with Gasteiger partial charge < -0.3 is 4.90 Å². The van der Waals surface area contributed by atoms with Crippen LogP contribution in [0.3, 0.4) is 0 Å². The van der Waals surface area contributed by atoms with Gasteiger partial charge in [0.25, 0.3) is 0 Å². The summed E-state index contributed by atoms with van der Waals surface area (Å²) in [4.78, 5) is 1.91. The molecule has 0 saturated heterocycles. The van der Waals surface area contributed by atoms with Crippen molar-refractivity contribution in [3.05, 3.63) is 65.7 Å². The molecule has 0 radical (unpaired) electrons. The molecule has 0 aromatic heterocycles. The van der Waals surface area contributed by atoms with Crippen molar-refractivity contribution in [1.82, 2.24) is 0 Å². The molecule has 0 aliphatic carbocycles. The highest BCUT2D eigenvalue weighted by molar-refractivity contribution is 5.46. The van der Waals surface area contributed by atoms with Gasteiger partial charge in [-0.3, -0.25) is 0 Å². The first kappa shape index (κ1) is 11.6. The van der Waals surface area contributed by atoms with Crippen LogP contribution in [-0.4, -0.2) is 7.05 Å². The number of rotatable bonds is 3. The second kappa shape index (κ2) is 4.95. The fourth-order valence-corrected chi connectivity index (χ4v) is 1.67. The van der Waals surface area contributed by atoms with Crippen LogP contribution in [0.4, 0.5) is 14.5 Å². The quantitative estimate of drug-likeness (QED) is 0.783. The van der Waals surface area contributed by atoms with E-state index in [1.165, 1.54) is 24.3 Å². The highest BCUT2D eigenvalue weighted by atomic mass is 19.1. The van der Waals surface area contributed by atoms with Crippen molar-refractivity contribution < 1.29 is 8.78 Å². The molecule has 0 atom stereocenters. The average Bonchev–Trinajstić information content (AvgIpc) is 2.32. The van der Waals surface area contributed by atoms with Crippen molar-refractivity contribution in [1.29, 1.82) is 0 Å². The van der Waals surface area contributed by atoms with Gasteiger partial charge in [-0.15, -0.1) is 0 Å². The molecule has 0 unspecified atom stereocenters. The van der Waals surface area contributed by atoms with Gasteiger partial charge in [-0.2, -0.15) is 0 Å². The maximum atomic E-state index is 13.0. The zero-order valence-corrected chi connectivity index (χ0v) is 9.53. The molecule has 2 aromatic carbocycles. The lowest BCUT2D eigenvalue weighted by Crippen LogP contribution is -2.16. The number of hydrogen-bond donors (Lipinski definition) is 0. The van der Waals surface area contributed by atoms with Crippen LogP contribution < -0.4 is 4.90 Å². The molecule has 0 fully saturated rings. The average molecular weight is 233 g/mol. The van der Waals surface area contributed by atoms with Gasteiger partial charge in [0.05, 0.1) is 0 Å². The molecule has 0 amide bonds. The SMILES string of the molecule is CN(Cc1ccc(F)cc1)c1cccc(F)c1. The molecule has 2 aromatic rings. The zero-order chi connectivity index (χ0) is 12.3. The second-order valence-electron chi connectivity index (χ2n) is 3.96. The predicted octanol–water partition coefficient (Wildman–Crippen LogP) is 3.60. The minimum absolute atomic E-state index is 0.248. The van der Waals surface area contributed by atoms with E-state index in [1.54, 1.807) is 18.2 Å². The van der Waals surface area contributed by atoms with E-state index in [0.717, 1.165) is 11.3 Å². The van der Waals surface area contributed by atoms with E-state index in [-0.39, 0.29) is 11.6 Å². The van der Waals surface area contributed by atoms with Crippen LogP contribution in [0.2, 0.25) is 0 Å². The van der Waals surface area contributed by atoms with Gasteiger partial charge in [0.2, 0.25) is 0 Å². The highest BCUT2D eigenvalue weighted by Gasteiger charge is 2.03. The number of nitrogens with zero attached hydrogens (tertiary/aromatic N) is 1. The molecule has 2 rings (SSSR count). The third-order valence-corrected chi connectivity index (χ3v) is 2.58. The Labute approximate surface area is 99.3 Å². The molecule has 0 spiro atoms. The Morgan fingerprint density at radius 2 is 1.65 bits per heavy atom. The van der Waals surface area contributed by atoms with Crippen LogP contribution in [0.1, 0.15) is 5.56 Å². The van der Waals surface area contributed by atoms with E-state index in [1.807, 2.05) is 18.0 Å². The Morgan fingerprint density at radius 1 is 0.941 bits per heavy atom. The van der Waals surface area contributed by atoms with Gasteiger partial charge >= 0.3 is 0 Å². The van der Waals surface area contributed by atoms with E-state index < -0.39 is 0 Å². The first-order valence-electron chi connectivity index (χ1n) is 5.36. The maximum Gasteiger partial charge on any atom is 0.125 e. The third-order valence-electron chi connectivity index (χ3n) is 2.58. The van der Waals surface area contributed by atoms with Gasteiger partial charge in [0.15, 0.2) is 0 Å². The van der Waals surface area contributed by atoms with Crippen molar-refractivity contribution in [2.24, 2.45) is 0 Å². The summed E-state index contributed by atoms with van der Waals surface area (Å²) < 4.78 is 25.8. The zero-order valence-electron chi connectivity index (χ0n) is 9.53. The molecule has 3 heteroatoms. The molecule has 17 heavy (non-hydrogen) atoms. The summed E-state index contributed by atoms with van der Waals surface area (Å²) in [6.07, 6.45) is 0. The Hall–Kier alpha value is -1.90. The topological polar surface area (TPSA) is 3.24 Å². The Balaban J connectivity index is 2.11. The molecule has 0 aliphatic rings. The van der Waals surface area contributed by atoms with E-state index in [9.17, 15) is 8.78 Å². The highest BCUT2D eigenvalue weighted by Crippen LogP contribution is 2.16. The van der Waals surface area contributed by atoms with Crippen molar-refractivity contribution in [3.63, 3.8) is 0 Å². The van der Waals surface area contributed by atoms with Crippen LogP contribution in [0, 0.1) is 11.6 Å². The number of benzene rings is 2. The summed E-state index contributed by atoms with van der Waals surface area (Å²) in [7, 11) is 1.87. The lowest BCUT2D eigenvalue weighted by atomic mass is 10.2. The number of halogens is 2. The van der Waals surface area contributed by atoms with Gasteiger partial charge in [-0.05, 0) is 35.9 Å². The molecule has 1 nitrogen and oxygen atoms in total. The standard InChI is InChI=1S/C14H13F2N/c1-17(14-4-2-3-13(16)9-14)10-11-5-7-12(15)8-6-11/h2-9H,10H2,1H3. The fraction of sp³-hybridized carbons (Fsp3) is 0.143. The summed E-state index contributed by atoms with van der Waals surface area (Å²) in [5, 5.41) is 0. The first-order chi connectivity index (χ1) is 8.15. The Kier molecular flexibility index (Phi) is 3.38. The lowest BCUT2D eigenvalue weighted by molar-refractivity contribution is 0.626. The Morgan fingerprint density at radius 3 is 2.29 bits per heavy atom. The van der Waals surface area contributed by atoms with E-state index in [4.69, 9.17) is 0 Å². The van der Waals surface area contributed by atoms with E-state index in [0.29, 0.717) is 6.54 Å². The molecule has 88 valence electrons. The lowest BCUT2D eigenvalue weighted by Gasteiger charge is -2.19. The summed E-state index contributed by atoms with van der Waals surface area (Å²) >= 11 is 0.